The number of hydrogen-bond donors (Lipinski definition) is 0. The zero-order chi connectivity index (χ0) is 20.4. The summed E-state index contributed by atoms with van der Waals surface area (Å²) < 4.78 is 0. The summed E-state index contributed by atoms with van der Waals surface area (Å²) in [5, 5.41) is 9.43. The van der Waals surface area contributed by atoms with Gasteiger partial charge in [-0.25, -0.2) is 4.98 Å². The van der Waals surface area contributed by atoms with Crippen LogP contribution in [0.25, 0.3) is 0 Å². The molecule has 7 heteroatoms. The second kappa shape index (κ2) is 7.78. The molecule has 1 spiro atoms. The molecule has 0 unspecified atom stereocenters. The Morgan fingerprint density at radius 1 is 1.10 bits per heavy atom. The van der Waals surface area contributed by atoms with Gasteiger partial charge in [0.1, 0.15) is 11.9 Å². The average Bonchev–Trinajstić information content (AvgIpc) is 2.73. The smallest absolute Gasteiger partial charge is 0.222 e. The Balaban J connectivity index is 1.45. The molecule has 2 aromatic rings. The Morgan fingerprint density at radius 2 is 1.90 bits per heavy atom. The van der Waals surface area contributed by atoms with Gasteiger partial charge in [-0.1, -0.05) is 0 Å². The molecular formula is C22H26N6O. The molecule has 2 fully saturated rings. The highest BCUT2D eigenvalue weighted by Gasteiger charge is 2.41. The molecule has 2 aliphatic rings. The highest BCUT2D eigenvalue weighted by Crippen LogP contribution is 2.41. The van der Waals surface area contributed by atoms with Crippen molar-refractivity contribution in [2.24, 2.45) is 5.41 Å². The number of aromatic nitrogens is 3. The quantitative estimate of drug-likeness (QED) is 0.801. The van der Waals surface area contributed by atoms with Gasteiger partial charge in [-0.2, -0.15) is 5.26 Å². The summed E-state index contributed by atoms with van der Waals surface area (Å²) in [4.78, 5) is 30.0. The molecule has 0 aromatic carbocycles. The lowest BCUT2D eigenvalue weighted by atomic mass is 9.72. The van der Waals surface area contributed by atoms with Crippen molar-refractivity contribution in [2.75, 3.05) is 24.5 Å². The molecule has 0 aliphatic carbocycles. The molecule has 29 heavy (non-hydrogen) atoms. The van der Waals surface area contributed by atoms with Crippen molar-refractivity contribution in [3.63, 3.8) is 0 Å². The van der Waals surface area contributed by atoms with Crippen LogP contribution in [0.5, 0.6) is 0 Å². The summed E-state index contributed by atoms with van der Waals surface area (Å²) in [5.74, 6) is 0.994. The molecule has 0 saturated carbocycles. The maximum atomic E-state index is 12.5. The minimum atomic E-state index is 0.138. The molecule has 2 aromatic heterocycles. The van der Waals surface area contributed by atoms with E-state index in [-0.39, 0.29) is 11.3 Å². The maximum Gasteiger partial charge on any atom is 0.222 e. The van der Waals surface area contributed by atoms with Crippen LogP contribution in [0, 0.1) is 30.6 Å². The van der Waals surface area contributed by atoms with Gasteiger partial charge in [0.05, 0.1) is 29.7 Å². The number of pyridine rings is 1. The number of aryl methyl sites for hydroxylation is 2. The van der Waals surface area contributed by atoms with Gasteiger partial charge < -0.3 is 9.80 Å². The Kier molecular flexibility index (Phi) is 5.18. The van der Waals surface area contributed by atoms with Crippen molar-refractivity contribution in [3.8, 4) is 6.07 Å². The SMILES string of the molecule is Cc1cnc(CN2CC3(CCC2=O)CCN(c2nc(C)ccc2C#N)CC3)cn1. The van der Waals surface area contributed by atoms with Crippen LogP contribution in [0.3, 0.4) is 0 Å². The second-order valence-electron chi connectivity index (χ2n) is 8.32. The van der Waals surface area contributed by atoms with Crippen LogP contribution in [0.1, 0.15) is 48.3 Å². The maximum absolute atomic E-state index is 12.5. The lowest BCUT2D eigenvalue weighted by molar-refractivity contribution is -0.139. The topological polar surface area (TPSA) is 86.0 Å². The van der Waals surface area contributed by atoms with Gasteiger partial charge in [0.2, 0.25) is 5.91 Å². The molecule has 2 saturated heterocycles. The molecule has 1 amide bonds. The van der Waals surface area contributed by atoms with E-state index in [4.69, 9.17) is 0 Å². The summed E-state index contributed by atoms with van der Waals surface area (Å²) in [6.45, 7) is 6.87. The number of rotatable bonds is 3. The first-order chi connectivity index (χ1) is 14.0. The highest BCUT2D eigenvalue weighted by atomic mass is 16.2. The van der Waals surface area contributed by atoms with Crippen LogP contribution in [-0.2, 0) is 11.3 Å². The van der Waals surface area contributed by atoms with Crippen LogP contribution in [0.15, 0.2) is 24.5 Å². The number of anilines is 1. The van der Waals surface area contributed by atoms with Crippen molar-refractivity contribution in [2.45, 2.75) is 46.1 Å². The molecule has 0 bridgehead atoms. The number of carbonyl (C=O) groups excluding carboxylic acids is 1. The Morgan fingerprint density at radius 3 is 2.59 bits per heavy atom. The number of nitrogens with zero attached hydrogens (tertiary/aromatic N) is 6. The van der Waals surface area contributed by atoms with E-state index in [2.05, 4.69) is 25.9 Å². The molecule has 150 valence electrons. The lowest BCUT2D eigenvalue weighted by Crippen LogP contribution is -2.51. The molecular weight excluding hydrogens is 364 g/mol. The van der Waals surface area contributed by atoms with E-state index < -0.39 is 0 Å². The monoisotopic (exact) mass is 390 g/mol. The van der Waals surface area contributed by atoms with E-state index >= 15 is 0 Å². The number of nitriles is 1. The first kappa shape index (κ1) is 19.3. The van der Waals surface area contributed by atoms with E-state index in [1.807, 2.05) is 30.9 Å². The van der Waals surface area contributed by atoms with Gasteiger partial charge in [0, 0.05) is 37.9 Å². The highest BCUT2D eigenvalue weighted by molar-refractivity contribution is 5.77. The lowest BCUT2D eigenvalue weighted by Gasteiger charge is -2.47. The van der Waals surface area contributed by atoms with Crippen molar-refractivity contribution < 1.29 is 4.79 Å². The molecule has 4 rings (SSSR count). The van der Waals surface area contributed by atoms with Gasteiger partial charge in [-0.05, 0) is 50.7 Å². The van der Waals surface area contributed by atoms with Crippen LogP contribution >= 0.6 is 0 Å². The first-order valence-corrected chi connectivity index (χ1v) is 10.2. The molecule has 0 radical (unpaired) electrons. The third-order valence-electron chi connectivity index (χ3n) is 6.19. The van der Waals surface area contributed by atoms with Crippen LogP contribution in [0.4, 0.5) is 5.82 Å². The average molecular weight is 390 g/mol. The summed E-state index contributed by atoms with van der Waals surface area (Å²) >= 11 is 0. The van der Waals surface area contributed by atoms with E-state index in [1.54, 1.807) is 12.4 Å². The van der Waals surface area contributed by atoms with Gasteiger partial charge in [0.15, 0.2) is 0 Å². The third kappa shape index (κ3) is 4.07. The van der Waals surface area contributed by atoms with E-state index in [0.29, 0.717) is 18.5 Å². The summed E-state index contributed by atoms with van der Waals surface area (Å²) in [5.41, 5.74) is 3.40. The van der Waals surface area contributed by atoms with Gasteiger partial charge in [0.25, 0.3) is 0 Å². The predicted octanol–water partition coefficient (Wildman–Crippen LogP) is 2.77. The first-order valence-electron chi connectivity index (χ1n) is 10.2. The number of likely N-dealkylation sites (tertiary alicyclic amines) is 1. The minimum absolute atomic E-state index is 0.138. The van der Waals surface area contributed by atoms with Crippen LogP contribution in [0.2, 0.25) is 0 Å². The van der Waals surface area contributed by atoms with Gasteiger partial charge >= 0.3 is 0 Å². The fourth-order valence-electron chi connectivity index (χ4n) is 4.42. The fourth-order valence-corrected chi connectivity index (χ4v) is 4.42. The summed E-state index contributed by atoms with van der Waals surface area (Å²) in [7, 11) is 0. The van der Waals surface area contributed by atoms with Crippen LogP contribution in [-0.4, -0.2) is 45.4 Å². The van der Waals surface area contributed by atoms with Crippen molar-refractivity contribution in [3.05, 3.63) is 47.2 Å². The molecule has 2 aliphatic heterocycles. The standard InChI is InChI=1S/C22H26N6O/c1-16-3-4-18(11-23)21(26-16)27-9-7-22(8-10-27)6-5-20(29)28(15-22)14-19-13-24-17(2)12-25-19/h3-4,12-13H,5-10,14-15H2,1-2H3. The Hall–Kier alpha value is -3.01. The summed E-state index contributed by atoms with van der Waals surface area (Å²) in [6, 6.07) is 6.00. The summed E-state index contributed by atoms with van der Waals surface area (Å²) in [6.07, 6.45) is 7.03. The second-order valence-corrected chi connectivity index (χ2v) is 8.32. The fraction of sp³-hybridized carbons (Fsp3) is 0.500. The Bertz CT molecular complexity index is 941. The van der Waals surface area contributed by atoms with Crippen molar-refractivity contribution in [1.82, 2.24) is 19.9 Å². The zero-order valence-corrected chi connectivity index (χ0v) is 17.1. The number of hydrogen-bond acceptors (Lipinski definition) is 6. The number of carbonyl (C=O) groups is 1. The van der Waals surface area contributed by atoms with E-state index in [0.717, 1.165) is 61.8 Å². The van der Waals surface area contributed by atoms with E-state index in [1.165, 1.54) is 0 Å². The van der Waals surface area contributed by atoms with Gasteiger partial charge in [-0.3, -0.25) is 14.8 Å². The molecule has 4 heterocycles. The normalized spacial score (nSPS) is 18.7. The van der Waals surface area contributed by atoms with E-state index in [9.17, 15) is 10.1 Å². The zero-order valence-electron chi connectivity index (χ0n) is 17.1. The molecule has 7 nitrogen and oxygen atoms in total. The Labute approximate surface area is 171 Å². The minimum Gasteiger partial charge on any atom is -0.355 e. The number of piperidine rings is 2. The molecule has 0 N–H and O–H groups in total. The largest absolute Gasteiger partial charge is 0.355 e. The predicted molar refractivity (Wildman–Crippen MR) is 109 cm³/mol. The van der Waals surface area contributed by atoms with Crippen molar-refractivity contribution >= 4 is 11.7 Å². The van der Waals surface area contributed by atoms with Crippen LogP contribution < -0.4 is 4.90 Å². The van der Waals surface area contributed by atoms with Gasteiger partial charge in [-0.15, -0.1) is 0 Å². The third-order valence-corrected chi connectivity index (χ3v) is 6.19. The van der Waals surface area contributed by atoms with Crippen molar-refractivity contribution in [1.29, 1.82) is 5.26 Å². The molecule has 0 atom stereocenters. The number of amides is 1.